The number of nitrogens with zero attached hydrogens (tertiary/aromatic N) is 1. The Labute approximate surface area is 217 Å². The second-order valence-electron chi connectivity index (χ2n) is 8.99. The maximum absolute atomic E-state index is 14.0. The van der Waals surface area contributed by atoms with Gasteiger partial charge in [-0.25, -0.2) is 13.8 Å². The number of rotatable bonds is 7. The summed E-state index contributed by atoms with van der Waals surface area (Å²) in [6.45, 7) is 2.40. The summed E-state index contributed by atoms with van der Waals surface area (Å²) in [4.78, 5) is 21.2. The zero-order chi connectivity index (χ0) is 26.8. The number of aromatic nitrogens is 2. The summed E-state index contributed by atoms with van der Waals surface area (Å²) < 4.78 is 27.9. The Morgan fingerprint density at radius 3 is 2.39 bits per heavy atom. The predicted molar refractivity (Wildman–Crippen MR) is 146 cm³/mol. The number of H-pyrrole nitrogens is 1. The number of halogens is 2. The van der Waals surface area contributed by atoms with Gasteiger partial charge in [0.25, 0.3) is 0 Å². The van der Waals surface area contributed by atoms with Crippen molar-refractivity contribution in [1.29, 1.82) is 0 Å². The normalized spacial score (nSPS) is 11.9. The van der Waals surface area contributed by atoms with Gasteiger partial charge < -0.3 is 21.1 Å². The van der Waals surface area contributed by atoms with E-state index in [1.54, 1.807) is 24.3 Å². The Morgan fingerprint density at radius 2 is 1.68 bits per heavy atom. The fourth-order valence-electron chi connectivity index (χ4n) is 4.17. The minimum Gasteiger partial charge on any atom is -0.506 e. The van der Waals surface area contributed by atoms with Gasteiger partial charge in [-0.2, -0.15) is 0 Å². The third kappa shape index (κ3) is 5.24. The molecule has 5 N–H and O–H groups in total. The molecule has 0 amide bonds. The predicted octanol–water partition coefficient (Wildman–Crippen LogP) is 6.65. The molecule has 0 spiro atoms. The van der Waals surface area contributed by atoms with Gasteiger partial charge in [0.1, 0.15) is 28.8 Å². The molecule has 1 aromatic heterocycles. The van der Waals surface area contributed by atoms with Gasteiger partial charge in [0, 0.05) is 35.1 Å². The van der Waals surface area contributed by atoms with Crippen LogP contribution >= 0.6 is 0 Å². The Balaban J connectivity index is 1.56. The molecule has 0 saturated heterocycles. The average molecular weight is 511 g/mol. The lowest BCUT2D eigenvalue weighted by Gasteiger charge is -2.10. The molecule has 1 heterocycles. The van der Waals surface area contributed by atoms with E-state index >= 15 is 0 Å². The first-order valence-electron chi connectivity index (χ1n) is 11.9. The van der Waals surface area contributed by atoms with E-state index in [1.807, 2.05) is 49.4 Å². The number of benzene rings is 4. The van der Waals surface area contributed by atoms with Gasteiger partial charge in [0.05, 0.1) is 11.0 Å². The third-order valence-corrected chi connectivity index (χ3v) is 6.08. The minimum atomic E-state index is -0.879. The van der Waals surface area contributed by atoms with Crippen LogP contribution in [-0.2, 0) is 6.54 Å². The van der Waals surface area contributed by atoms with Gasteiger partial charge in [0.2, 0.25) is 5.78 Å². The van der Waals surface area contributed by atoms with E-state index in [1.165, 1.54) is 0 Å². The fraction of sp³-hybridized carbons (Fsp3) is 0.0667. The van der Waals surface area contributed by atoms with Crippen molar-refractivity contribution in [1.82, 2.24) is 9.97 Å². The number of hydrogen-bond donors (Lipinski definition) is 4. The van der Waals surface area contributed by atoms with Crippen molar-refractivity contribution in [2.45, 2.75) is 13.5 Å². The van der Waals surface area contributed by atoms with E-state index in [2.05, 4.69) is 15.3 Å². The zero-order valence-corrected chi connectivity index (χ0v) is 20.4. The van der Waals surface area contributed by atoms with E-state index in [9.17, 15) is 18.7 Å². The highest BCUT2D eigenvalue weighted by Gasteiger charge is 2.24. The van der Waals surface area contributed by atoms with Crippen molar-refractivity contribution in [3.8, 4) is 0 Å². The largest absolute Gasteiger partial charge is 0.506 e. The summed E-state index contributed by atoms with van der Waals surface area (Å²) >= 11 is 0. The summed E-state index contributed by atoms with van der Waals surface area (Å²) in [5, 5.41) is 14.5. The quantitative estimate of drug-likeness (QED) is 0.0849. The van der Waals surface area contributed by atoms with E-state index in [4.69, 9.17) is 5.73 Å². The number of allylic oxidation sites excluding steroid dienone is 1. The molecule has 5 rings (SSSR count). The van der Waals surface area contributed by atoms with Crippen LogP contribution < -0.4 is 11.1 Å². The van der Waals surface area contributed by atoms with Gasteiger partial charge >= 0.3 is 0 Å². The Morgan fingerprint density at radius 1 is 0.947 bits per heavy atom. The number of nitrogens with one attached hydrogen (secondary N) is 2. The van der Waals surface area contributed by atoms with E-state index in [0.717, 1.165) is 28.9 Å². The molecule has 4 aromatic carbocycles. The van der Waals surface area contributed by atoms with Crippen LogP contribution in [0.3, 0.4) is 0 Å². The smallest absolute Gasteiger partial charge is 0.200 e. The molecule has 0 fully saturated rings. The monoisotopic (exact) mass is 510 g/mol. The van der Waals surface area contributed by atoms with Crippen LogP contribution in [0.25, 0.3) is 22.4 Å². The second-order valence-corrected chi connectivity index (χ2v) is 8.99. The number of aliphatic hydroxyl groups is 1. The van der Waals surface area contributed by atoms with Crippen LogP contribution in [-0.4, -0.2) is 20.9 Å². The second kappa shape index (κ2) is 10.2. The summed E-state index contributed by atoms with van der Waals surface area (Å²) in [5.41, 5.74) is 10.2. The first kappa shape index (κ1) is 24.7. The van der Waals surface area contributed by atoms with Crippen molar-refractivity contribution >= 4 is 39.5 Å². The van der Waals surface area contributed by atoms with Crippen LogP contribution in [0.2, 0.25) is 0 Å². The lowest BCUT2D eigenvalue weighted by atomic mass is 9.97. The molecule has 0 radical (unpaired) electrons. The number of anilines is 2. The van der Waals surface area contributed by atoms with Crippen LogP contribution in [0.1, 0.15) is 32.9 Å². The van der Waals surface area contributed by atoms with Crippen molar-refractivity contribution in [2.75, 3.05) is 11.1 Å². The van der Waals surface area contributed by atoms with E-state index < -0.39 is 23.2 Å². The van der Waals surface area contributed by atoms with Crippen LogP contribution in [0.15, 0.2) is 84.9 Å². The van der Waals surface area contributed by atoms with Gasteiger partial charge in [-0.1, -0.05) is 35.9 Å². The van der Waals surface area contributed by atoms with Crippen LogP contribution in [0, 0.1) is 18.6 Å². The molecule has 38 heavy (non-hydrogen) atoms. The number of carbonyl (C=O) groups is 1. The number of fused-ring (bicyclic) bond motifs is 1. The summed E-state index contributed by atoms with van der Waals surface area (Å²) in [6.07, 6.45) is 0. The number of hydrogen-bond acceptors (Lipinski definition) is 5. The number of imidazole rings is 1. The molecule has 5 aromatic rings. The molecule has 0 aliphatic carbocycles. The van der Waals surface area contributed by atoms with Crippen LogP contribution in [0.5, 0.6) is 0 Å². The number of aryl methyl sites for hydroxylation is 1. The van der Waals surface area contributed by atoms with Gasteiger partial charge in [-0.15, -0.1) is 0 Å². The maximum Gasteiger partial charge on any atom is 0.200 e. The molecule has 6 nitrogen and oxygen atoms in total. The number of aliphatic hydroxyl groups excluding tert-OH is 1. The molecule has 0 atom stereocenters. The molecule has 0 aliphatic rings. The molecule has 190 valence electrons. The highest BCUT2D eigenvalue weighted by Crippen LogP contribution is 2.30. The van der Waals surface area contributed by atoms with Gasteiger partial charge in [-0.3, -0.25) is 4.79 Å². The highest BCUT2D eigenvalue weighted by atomic mass is 19.1. The van der Waals surface area contributed by atoms with Crippen molar-refractivity contribution < 1.29 is 18.7 Å². The molecule has 0 saturated carbocycles. The Hall–Kier alpha value is -4.98. The number of carbonyl (C=O) groups excluding carboxylic acids is 1. The molecule has 0 unspecified atom stereocenters. The number of Topliss-reactive ketones (excluding diaryl/α,β-unsaturated/α-hetero) is 1. The number of aromatic amines is 1. The van der Waals surface area contributed by atoms with E-state index in [0.29, 0.717) is 34.9 Å². The molecular weight excluding hydrogens is 486 g/mol. The van der Waals surface area contributed by atoms with Gasteiger partial charge in [-0.05, 0) is 61.0 Å². The van der Waals surface area contributed by atoms with Crippen molar-refractivity contribution in [3.05, 3.63) is 125 Å². The number of nitrogen functional groups attached to an aromatic ring is 1. The highest BCUT2D eigenvalue weighted by molar-refractivity contribution is 6.33. The lowest BCUT2D eigenvalue weighted by Crippen LogP contribution is -2.08. The maximum atomic E-state index is 14.0. The molecule has 8 heteroatoms. The van der Waals surface area contributed by atoms with E-state index in [-0.39, 0.29) is 17.0 Å². The topological polar surface area (TPSA) is 104 Å². The third-order valence-electron chi connectivity index (χ3n) is 6.08. The lowest BCUT2D eigenvalue weighted by molar-refractivity contribution is 0.105. The van der Waals surface area contributed by atoms with Crippen molar-refractivity contribution in [2.24, 2.45) is 0 Å². The first-order chi connectivity index (χ1) is 18.3. The van der Waals surface area contributed by atoms with Crippen LogP contribution in [0.4, 0.5) is 20.2 Å². The average Bonchev–Trinajstić information content (AvgIpc) is 3.30. The Kier molecular flexibility index (Phi) is 6.62. The number of nitrogens with two attached hydrogens (primary N) is 1. The molecule has 0 aliphatic heterocycles. The first-order valence-corrected chi connectivity index (χ1v) is 11.9. The van der Waals surface area contributed by atoms with Gasteiger partial charge in [0.15, 0.2) is 0 Å². The standard InChI is InChI=1S/C30H24F2N4O2/c1-17-3-2-4-19(11-17)28(37)27(29(38)20-12-21(31)14-22(32)13-20)30-35-25-10-9-24(15-26(25)36-30)34-16-18-5-7-23(33)8-6-18/h2-15,34,38H,16,33H2,1H3,(H,35,36). The number of ketones is 1. The summed E-state index contributed by atoms with van der Waals surface area (Å²) in [5.74, 6) is -2.82. The molecular formula is C30H24F2N4O2. The van der Waals surface area contributed by atoms with Crippen molar-refractivity contribution in [3.63, 3.8) is 0 Å². The fourth-order valence-corrected chi connectivity index (χ4v) is 4.17. The zero-order valence-electron chi connectivity index (χ0n) is 20.4. The SMILES string of the molecule is Cc1cccc(C(=O)C(=C(O)c2cc(F)cc(F)c2)c2nc3ccc(NCc4ccc(N)cc4)cc3[nH]2)c1. The Bertz CT molecular complexity index is 1670. The minimum absolute atomic E-state index is 0.0735. The molecule has 0 bridgehead atoms. The summed E-state index contributed by atoms with van der Waals surface area (Å²) in [7, 11) is 0. The summed E-state index contributed by atoms with van der Waals surface area (Å²) in [6, 6.07) is 22.4.